The zero-order valence-electron chi connectivity index (χ0n) is 15.0. The Hall–Kier alpha value is -2.74. The summed E-state index contributed by atoms with van der Waals surface area (Å²) in [7, 11) is 0. The van der Waals surface area contributed by atoms with Crippen LogP contribution in [0.4, 0.5) is 8.78 Å². The molecular weight excluding hydrogens is 382 g/mol. The first kappa shape index (κ1) is 18.6. The Morgan fingerprint density at radius 2 is 1.93 bits per heavy atom. The summed E-state index contributed by atoms with van der Waals surface area (Å²) in [5.74, 6) is -0.432. The molecule has 0 spiro atoms. The van der Waals surface area contributed by atoms with Crippen LogP contribution in [0.2, 0.25) is 0 Å². The van der Waals surface area contributed by atoms with Crippen LogP contribution in [0.25, 0.3) is 5.69 Å². The molecule has 28 heavy (non-hydrogen) atoms. The number of halogens is 2. The van der Waals surface area contributed by atoms with Crippen molar-refractivity contribution < 1.29 is 13.6 Å². The summed E-state index contributed by atoms with van der Waals surface area (Å²) in [6.45, 7) is 0.972. The molecule has 1 saturated heterocycles. The highest BCUT2D eigenvalue weighted by Crippen LogP contribution is 2.36. The summed E-state index contributed by atoms with van der Waals surface area (Å²) in [6.07, 6.45) is 2.00. The van der Waals surface area contributed by atoms with Gasteiger partial charge in [0.1, 0.15) is 11.6 Å². The lowest BCUT2D eigenvalue weighted by Crippen LogP contribution is -2.33. The lowest BCUT2D eigenvalue weighted by molar-refractivity contribution is 0.0760. The predicted octanol–water partition coefficient (Wildman–Crippen LogP) is 3.87. The third kappa shape index (κ3) is 3.91. The van der Waals surface area contributed by atoms with Gasteiger partial charge in [0.2, 0.25) is 0 Å². The topological polar surface area (TPSA) is 51.0 Å². The predicted molar refractivity (Wildman–Crippen MR) is 103 cm³/mol. The van der Waals surface area contributed by atoms with Gasteiger partial charge in [0.15, 0.2) is 5.69 Å². The van der Waals surface area contributed by atoms with E-state index in [-0.39, 0.29) is 16.9 Å². The molecule has 3 aromatic rings. The number of benzene rings is 2. The van der Waals surface area contributed by atoms with Crippen LogP contribution in [0.15, 0.2) is 54.7 Å². The van der Waals surface area contributed by atoms with Crippen LogP contribution in [-0.2, 0) is 0 Å². The summed E-state index contributed by atoms with van der Waals surface area (Å²) >= 11 is 1.54. The van der Waals surface area contributed by atoms with Gasteiger partial charge in [-0.1, -0.05) is 18.2 Å². The second kappa shape index (κ2) is 8.10. The maximum absolute atomic E-state index is 14.1. The molecule has 144 valence electrons. The fraction of sp³-hybridized carbons (Fsp3) is 0.250. The van der Waals surface area contributed by atoms with Crippen LogP contribution < -0.4 is 0 Å². The Morgan fingerprint density at radius 3 is 2.75 bits per heavy atom. The zero-order chi connectivity index (χ0) is 19.5. The SMILES string of the molecule is O=C(c1cnn(-c2ccccc2)n1)N1CCS[C@@H](c2cc(F)ccc2F)CC1. The maximum Gasteiger partial charge on any atom is 0.276 e. The molecule has 5 nitrogen and oxygen atoms in total. The number of carbonyl (C=O) groups is 1. The number of hydrogen-bond acceptors (Lipinski definition) is 4. The van der Waals surface area contributed by atoms with E-state index in [0.29, 0.717) is 30.8 Å². The van der Waals surface area contributed by atoms with Gasteiger partial charge in [0, 0.05) is 29.7 Å². The van der Waals surface area contributed by atoms with Crippen molar-refractivity contribution in [3.63, 3.8) is 0 Å². The van der Waals surface area contributed by atoms with E-state index >= 15 is 0 Å². The third-order valence-corrected chi connectivity index (χ3v) is 5.94. The molecule has 1 fully saturated rings. The molecule has 0 aliphatic carbocycles. The number of hydrogen-bond donors (Lipinski definition) is 0. The molecule has 0 saturated carbocycles. The second-order valence-electron chi connectivity index (χ2n) is 6.46. The lowest BCUT2D eigenvalue weighted by Gasteiger charge is -2.19. The highest BCUT2D eigenvalue weighted by molar-refractivity contribution is 7.99. The van der Waals surface area contributed by atoms with Crippen LogP contribution in [0, 0.1) is 11.6 Å². The van der Waals surface area contributed by atoms with Gasteiger partial charge in [0.05, 0.1) is 11.9 Å². The van der Waals surface area contributed by atoms with Crippen molar-refractivity contribution in [3.8, 4) is 5.69 Å². The maximum atomic E-state index is 14.1. The first-order valence-corrected chi connectivity index (χ1v) is 10.0. The monoisotopic (exact) mass is 400 g/mol. The van der Waals surface area contributed by atoms with Crippen molar-refractivity contribution in [3.05, 3.63) is 77.6 Å². The van der Waals surface area contributed by atoms with Crippen molar-refractivity contribution >= 4 is 17.7 Å². The van der Waals surface area contributed by atoms with E-state index in [4.69, 9.17) is 0 Å². The smallest absolute Gasteiger partial charge is 0.276 e. The second-order valence-corrected chi connectivity index (χ2v) is 7.77. The summed E-state index contributed by atoms with van der Waals surface area (Å²) in [5, 5.41) is 8.27. The van der Waals surface area contributed by atoms with Crippen molar-refractivity contribution in [2.75, 3.05) is 18.8 Å². The minimum atomic E-state index is -0.452. The standard InChI is InChI=1S/C20H18F2N4OS/c21-14-6-7-17(22)16(12-14)19-8-9-25(10-11-28-19)20(27)18-13-23-26(24-18)15-4-2-1-3-5-15/h1-7,12-13,19H,8-11H2/t19-/m1/s1. The summed E-state index contributed by atoms with van der Waals surface area (Å²) < 4.78 is 27.6. The number of para-hydroxylation sites is 1. The number of amides is 1. The first-order chi connectivity index (χ1) is 13.6. The van der Waals surface area contributed by atoms with Gasteiger partial charge in [-0.3, -0.25) is 4.79 Å². The summed E-state index contributed by atoms with van der Waals surface area (Å²) in [4.78, 5) is 15.9. The molecule has 0 bridgehead atoms. The van der Waals surface area contributed by atoms with E-state index in [9.17, 15) is 13.6 Å². The largest absolute Gasteiger partial charge is 0.336 e. The number of thioether (sulfide) groups is 1. The third-order valence-electron chi connectivity index (χ3n) is 4.63. The van der Waals surface area contributed by atoms with Crippen LogP contribution >= 0.6 is 11.8 Å². The molecule has 0 unspecified atom stereocenters. The number of carbonyl (C=O) groups excluding carboxylic acids is 1. The van der Waals surface area contributed by atoms with E-state index in [0.717, 1.165) is 17.8 Å². The number of nitrogens with zero attached hydrogens (tertiary/aromatic N) is 4. The summed E-state index contributed by atoms with van der Waals surface area (Å²) in [6, 6.07) is 12.9. The molecule has 0 N–H and O–H groups in total. The normalized spacial score (nSPS) is 17.4. The average Bonchev–Trinajstić information content (AvgIpc) is 3.08. The highest BCUT2D eigenvalue weighted by Gasteiger charge is 2.26. The zero-order valence-corrected chi connectivity index (χ0v) is 15.8. The van der Waals surface area contributed by atoms with E-state index in [1.54, 1.807) is 4.90 Å². The van der Waals surface area contributed by atoms with E-state index in [2.05, 4.69) is 10.2 Å². The highest BCUT2D eigenvalue weighted by atomic mass is 32.2. The molecule has 2 heterocycles. The van der Waals surface area contributed by atoms with Crippen LogP contribution in [-0.4, -0.2) is 44.6 Å². The molecular formula is C20H18F2N4OS. The van der Waals surface area contributed by atoms with Crippen molar-refractivity contribution in [2.45, 2.75) is 11.7 Å². The van der Waals surface area contributed by atoms with Crippen molar-refractivity contribution in [2.24, 2.45) is 0 Å². The van der Waals surface area contributed by atoms with Crippen molar-refractivity contribution in [1.82, 2.24) is 19.9 Å². The molecule has 1 aliphatic heterocycles. The van der Waals surface area contributed by atoms with Crippen LogP contribution in [0.5, 0.6) is 0 Å². The van der Waals surface area contributed by atoms with Crippen molar-refractivity contribution in [1.29, 1.82) is 0 Å². The van der Waals surface area contributed by atoms with Gasteiger partial charge >= 0.3 is 0 Å². The van der Waals surface area contributed by atoms with Crippen LogP contribution in [0.3, 0.4) is 0 Å². The molecule has 4 rings (SSSR count). The molecule has 0 radical (unpaired) electrons. The van der Waals surface area contributed by atoms with Gasteiger partial charge in [-0.2, -0.15) is 21.7 Å². The number of aromatic nitrogens is 3. The minimum absolute atomic E-state index is 0.187. The van der Waals surface area contributed by atoms with Gasteiger partial charge in [-0.25, -0.2) is 8.78 Å². The molecule has 1 atom stereocenters. The van der Waals surface area contributed by atoms with Gasteiger partial charge in [-0.15, -0.1) is 5.10 Å². The molecule has 1 aliphatic rings. The van der Waals surface area contributed by atoms with Gasteiger partial charge in [0.25, 0.3) is 5.91 Å². The Bertz CT molecular complexity index is 979. The molecule has 1 aromatic heterocycles. The van der Waals surface area contributed by atoms with E-state index in [1.165, 1.54) is 28.8 Å². The average molecular weight is 400 g/mol. The number of rotatable bonds is 3. The Kier molecular flexibility index (Phi) is 5.38. The van der Waals surface area contributed by atoms with Crippen LogP contribution in [0.1, 0.15) is 27.7 Å². The molecule has 2 aromatic carbocycles. The minimum Gasteiger partial charge on any atom is -0.336 e. The van der Waals surface area contributed by atoms with Gasteiger partial charge in [-0.05, 0) is 36.8 Å². The Labute approximate surface area is 165 Å². The van der Waals surface area contributed by atoms with E-state index in [1.807, 2.05) is 30.3 Å². The van der Waals surface area contributed by atoms with E-state index < -0.39 is 11.6 Å². The molecule has 1 amide bonds. The lowest BCUT2D eigenvalue weighted by atomic mass is 10.1. The van der Waals surface area contributed by atoms with Gasteiger partial charge < -0.3 is 4.90 Å². The fourth-order valence-corrected chi connectivity index (χ4v) is 4.43. The Morgan fingerprint density at radius 1 is 1.11 bits per heavy atom. The summed E-state index contributed by atoms with van der Waals surface area (Å²) in [5.41, 5.74) is 1.40. The molecule has 8 heteroatoms. The quantitative estimate of drug-likeness (QED) is 0.670. The fourth-order valence-electron chi connectivity index (χ4n) is 3.19. The first-order valence-electron chi connectivity index (χ1n) is 8.95. The Balaban J connectivity index is 1.46.